The molecular formula is C19H26N2O5. The minimum Gasteiger partial charge on any atom is -0.493 e. The normalized spacial score (nSPS) is 15.4. The van der Waals surface area contributed by atoms with Crippen LogP contribution >= 0.6 is 0 Å². The zero-order chi connectivity index (χ0) is 19.2. The van der Waals surface area contributed by atoms with E-state index in [2.05, 4.69) is 5.32 Å². The van der Waals surface area contributed by atoms with Crippen molar-refractivity contribution in [1.82, 2.24) is 10.2 Å². The van der Waals surface area contributed by atoms with E-state index >= 15 is 0 Å². The summed E-state index contributed by atoms with van der Waals surface area (Å²) in [6.07, 6.45) is 1.36. The molecule has 0 aromatic heterocycles. The third-order valence-corrected chi connectivity index (χ3v) is 4.52. The van der Waals surface area contributed by atoms with Crippen molar-refractivity contribution in [2.24, 2.45) is 5.92 Å². The fourth-order valence-corrected chi connectivity index (χ4v) is 2.79. The number of hydrogen-bond acceptors (Lipinski definition) is 4. The topological polar surface area (TPSA) is 95.9 Å². The lowest BCUT2D eigenvalue weighted by molar-refractivity contribution is -0.147. The molecule has 0 unspecified atom stereocenters. The molecule has 2 rings (SSSR count). The highest BCUT2D eigenvalue weighted by atomic mass is 16.5. The van der Waals surface area contributed by atoms with E-state index < -0.39 is 11.5 Å². The average Bonchev–Trinajstić information content (AvgIpc) is 2.62. The fourth-order valence-electron chi connectivity index (χ4n) is 2.79. The summed E-state index contributed by atoms with van der Waals surface area (Å²) in [5.41, 5.74) is -1.29. The molecule has 0 spiro atoms. The summed E-state index contributed by atoms with van der Waals surface area (Å²) in [6, 6.07) is 9.33. The highest BCUT2D eigenvalue weighted by Crippen LogP contribution is 2.19. The highest BCUT2D eigenvalue weighted by molar-refractivity contribution is 5.87. The molecule has 26 heavy (non-hydrogen) atoms. The molecule has 7 heteroatoms. The Hall–Kier alpha value is -2.57. The number of piperidine rings is 1. The van der Waals surface area contributed by atoms with Crippen molar-refractivity contribution in [1.29, 1.82) is 0 Å². The smallest absolute Gasteiger partial charge is 0.328 e. The molecule has 0 atom stereocenters. The molecule has 0 saturated carbocycles. The number of rotatable bonds is 7. The van der Waals surface area contributed by atoms with E-state index in [1.54, 1.807) is 4.90 Å². The number of aliphatic carboxylic acids is 1. The predicted octanol–water partition coefficient (Wildman–Crippen LogP) is 1.67. The Kier molecular flexibility index (Phi) is 6.60. The van der Waals surface area contributed by atoms with Gasteiger partial charge in [0.1, 0.15) is 11.3 Å². The van der Waals surface area contributed by atoms with Gasteiger partial charge in [-0.05, 0) is 38.8 Å². The minimum absolute atomic E-state index is 0.00524. The maximum Gasteiger partial charge on any atom is 0.328 e. The Morgan fingerprint density at radius 1 is 1.19 bits per heavy atom. The predicted molar refractivity (Wildman–Crippen MR) is 95.7 cm³/mol. The molecule has 1 aliphatic rings. The van der Waals surface area contributed by atoms with Crippen molar-refractivity contribution >= 4 is 17.8 Å². The number of ether oxygens (including phenoxy) is 1. The third kappa shape index (κ3) is 5.47. The van der Waals surface area contributed by atoms with E-state index in [0.717, 1.165) is 5.75 Å². The van der Waals surface area contributed by atoms with Crippen molar-refractivity contribution in [3.05, 3.63) is 30.3 Å². The Morgan fingerprint density at radius 3 is 2.38 bits per heavy atom. The highest BCUT2D eigenvalue weighted by Gasteiger charge is 2.33. The monoisotopic (exact) mass is 362 g/mol. The second-order valence-corrected chi connectivity index (χ2v) is 6.99. The number of carbonyl (C=O) groups is 3. The van der Waals surface area contributed by atoms with Crippen LogP contribution in [0.3, 0.4) is 0 Å². The summed E-state index contributed by atoms with van der Waals surface area (Å²) < 4.78 is 5.54. The van der Waals surface area contributed by atoms with Gasteiger partial charge in [0, 0.05) is 19.0 Å². The summed E-state index contributed by atoms with van der Waals surface area (Å²) in [4.78, 5) is 37.3. The molecule has 142 valence electrons. The van der Waals surface area contributed by atoms with E-state index in [-0.39, 0.29) is 24.2 Å². The van der Waals surface area contributed by atoms with Gasteiger partial charge in [-0.25, -0.2) is 4.79 Å². The van der Waals surface area contributed by atoms with E-state index in [9.17, 15) is 14.4 Å². The Morgan fingerprint density at radius 2 is 1.81 bits per heavy atom. The van der Waals surface area contributed by atoms with Crippen LogP contribution in [0, 0.1) is 5.92 Å². The van der Waals surface area contributed by atoms with Gasteiger partial charge in [0.05, 0.1) is 13.0 Å². The van der Waals surface area contributed by atoms with Gasteiger partial charge >= 0.3 is 5.97 Å². The zero-order valence-corrected chi connectivity index (χ0v) is 15.2. The second kappa shape index (κ2) is 8.69. The van der Waals surface area contributed by atoms with Crippen LogP contribution in [-0.2, 0) is 14.4 Å². The fraction of sp³-hybridized carbons (Fsp3) is 0.526. The molecule has 2 amide bonds. The molecule has 1 aromatic rings. The van der Waals surface area contributed by atoms with E-state index in [1.165, 1.54) is 13.8 Å². The lowest BCUT2D eigenvalue weighted by Gasteiger charge is -2.33. The lowest BCUT2D eigenvalue weighted by Crippen LogP contribution is -2.53. The first kappa shape index (κ1) is 19.8. The molecular weight excluding hydrogens is 336 g/mol. The molecule has 1 aromatic carbocycles. The summed E-state index contributed by atoms with van der Waals surface area (Å²) in [5, 5.41) is 11.6. The van der Waals surface area contributed by atoms with Gasteiger partial charge in [0.15, 0.2) is 0 Å². The first-order valence-corrected chi connectivity index (χ1v) is 8.80. The molecule has 0 radical (unpaired) electrons. The summed E-state index contributed by atoms with van der Waals surface area (Å²) in [5.74, 6) is -0.866. The average molecular weight is 362 g/mol. The van der Waals surface area contributed by atoms with Crippen LogP contribution < -0.4 is 10.1 Å². The van der Waals surface area contributed by atoms with Crippen LogP contribution in [-0.4, -0.2) is 53.0 Å². The van der Waals surface area contributed by atoms with Crippen LogP contribution in [0.2, 0.25) is 0 Å². The van der Waals surface area contributed by atoms with Crippen LogP contribution in [0.5, 0.6) is 5.75 Å². The molecule has 1 heterocycles. The summed E-state index contributed by atoms with van der Waals surface area (Å²) >= 11 is 0. The van der Waals surface area contributed by atoms with Gasteiger partial charge in [0.2, 0.25) is 11.8 Å². The number of carboxylic acid groups (broad SMARTS) is 1. The number of para-hydroxylation sites is 1. The molecule has 0 bridgehead atoms. The lowest BCUT2D eigenvalue weighted by atomic mass is 9.94. The summed E-state index contributed by atoms with van der Waals surface area (Å²) in [7, 11) is 0. The number of carbonyl (C=O) groups excluding carboxylic acids is 2. The molecule has 1 saturated heterocycles. The molecule has 1 aliphatic heterocycles. The van der Waals surface area contributed by atoms with Gasteiger partial charge in [-0.15, -0.1) is 0 Å². The number of hydrogen-bond donors (Lipinski definition) is 2. The third-order valence-electron chi connectivity index (χ3n) is 4.52. The van der Waals surface area contributed by atoms with Crippen molar-refractivity contribution in [2.45, 2.75) is 38.6 Å². The van der Waals surface area contributed by atoms with Crippen molar-refractivity contribution in [2.75, 3.05) is 19.7 Å². The Labute approximate surface area is 153 Å². The van der Waals surface area contributed by atoms with Gasteiger partial charge in [-0.2, -0.15) is 0 Å². The van der Waals surface area contributed by atoms with Crippen molar-refractivity contribution in [3.63, 3.8) is 0 Å². The number of nitrogens with one attached hydrogen (secondary N) is 1. The maximum atomic E-state index is 12.3. The first-order valence-electron chi connectivity index (χ1n) is 8.80. The zero-order valence-electron chi connectivity index (χ0n) is 15.2. The van der Waals surface area contributed by atoms with Crippen LogP contribution in [0.4, 0.5) is 0 Å². The Balaban J connectivity index is 1.72. The van der Waals surface area contributed by atoms with Crippen molar-refractivity contribution < 1.29 is 24.2 Å². The van der Waals surface area contributed by atoms with Crippen LogP contribution in [0.25, 0.3) is 0 Å². The van der Waals surface area contributed by atoms with Gasteiger partial charge in [-0.3, -0.25) is 9.59 Å². The quantitative estimate of drug-likeness (QED) is 0.769. The number of amides is 2. The van der Waals surface area contributed by atoms with E-state index in [4.69, 9.17) is 9.84 Å². The van der Waals surface area contributed by atoms with Gasteiger partial charge < -0.3 is 20.1 Å². The molecule has 1 fully saturated rings. The standard InChI is InChI=1S/C19H26N2O5/c1-19(2,18(24)25)20-17(23)14-8-11-21(12-9-14)16(22)10-13-26-15-6-4-3-5-7-15/h3-7,14H,8-13H2,1-2H3,(H,20,23)(H,24,25). The summed E-state index contributed by atoms with van der Waals surface area (Å²) in [6.45, 7) is 4.22. The van der Waals surface area contributed by atoms with E-state index in [0.29, 0.717) is 32.5 Å². The van der Waals surface area contributed by atoms with Crippen LogP contribution in [0.15, 0.2) is 30.3 Å². The Bertz CT molecular complexity index is 637. The number of benzene rings is 1. The number of nitrogens with zero attached hydrogens (tertiary/aromatic N) is 1. The maximum absolute atomic E-state index is 12.3. The van der Waals surface area contributed by atoms with E-state index in [1.807, 2.05) is 30.3 Å². The molecule has 7 nitrogen and oxygen atoms in total. The van der Waals surface area contributed by atoms with Crippen molar-refractivity contribution in [3.8, 4) is 5.75 Å². The first-order chi connectivity index (χ1) is 12.3. The minimum atomic E-state index is -1.29. The number of carboxylic acids is 1. The number of likely N-dealkylation sites (tertiary alicyclic amines) is 1. The molecule has 0 aliphatic carbocycles. The largest absolute Gasteiger partial charge is 0.493 e. The van der Waals surface area contributed by atoms with Crippen LogP contribution in [0.1, 0.15) is 33.1 Å². The van der Waals surface area contributed by atoms with Gasteiger partial charge in [0.25, 0.3) is 0 Å². The SMILES string of the molecule is CC(C)(NC(=O)C1CCN(C(=O)CCOc2ccccc2)CC1)C(=O)O. The second-order valence-electron chi connectivity index (χ2n) is 6.99. The molecule has 2 N–H and O–H groups in total. The van der Waals surface area contributed by atoms with Gasteiger partial charge in [-0.1, -0.05) is 18.2 Å².